The lowest BCUT2D eigenvalue weighted by atomic mass is 9.98. The number of carbonyl (C=O) groups excluding carboxylic acids is 1. The van der Waals surface area contributed by atoms with Crippen molar-refractivity contribution in [1.29, 1.82) is 0 Å². The molecule has 2 N–H and O–H groups in total. The number of rotatable bonds is 9. The molecule has 6 heteroatoms. The molecule has 1 unspecified atom stereocenters. The van der Waals surface area contributed by atoms with Gasteiger partial charge in [0.2, 0.25) is 0 Å². The number of methoxy groups -OCH3 is 2. The highest BCUT2D eigenvalue weighted by Gasteiger charge is 2.22. The van der Waals surface area contributed by atoms with E-state index in [-0.39, 0.29) is 12.3 Å². The molecule has 2 aromatic rings. The van der Waals surface area contributed by atoms with Gasteiger partial charge in [-0.2, -0.15) is 0 Å². The summed E-state index contributed by atoms with van der Waals surface area (Å²) in [5.41, 5.74) is 2.80. The first kappa shape index (κ1) is 21.0. The first-order valence-corrected chi connectivity index (χ1v) is 8.85. The molecule has 0 heterocycles. The summed E-state index contributed by atoms with van der Waals surface area (Å²) in [6, 6.07) is 10.0. The third kappa shape index (κ3) is 4.91. The molecular weight excluding hydrogens is 358 g/mol. The third-order valence-corrected chi connectivity index (χ3v) is 4.43. The molecule has 1 atom stereocenters. The third-order valence-electron chi connectivity index (χ3n) is 4.43. The fourth-order valence-electron chi connectivity index (χ4n) is 3.11. The average Bonchev–Trinajstić information content (AvgIpc) is 2.67. The van der Waals surface area contributed by atoms with Crippen LogP contribution in [0.5, 0.6) is 11.5 Å². The number of aliphatic carboxylic acids is 1. The van der Waals surface area contributed by atoms with E-state index in [0.717, 1.165) is 16.7 Å². The summed E-state index contributed by atoms with van der Waals surface area (Å²) in [5, 5.41) is 12.1. The lowest BCUT2D eigenvalue weighted by Gasteiger charge is -2.20. The zero-order valence-corrected chi connectivity index (χ0v) is 16.3. The van der Waals surface area contributed by atoms with E-state index in [1.165, 1.54) is 14.2 Å². The Bertz CT molecular complexity index is 875. The van der Waals surface area contributed by atoms with Crippen molar-refractivity contribution >= 4 is 11.9 Å². The predicted molar refractivity (Wildman–Crippen MR) is 107 cm³/mol. The predicted octanol–water partition coefficient (Wildman–Crippen LogP) is 3.69. The lowest BCUT2D eigenvalue weighted by Crippen LogP contribution is -2.30. The van der Waals surface area contributed by atoms with E-state index in [1.54, 1.807) is 18.2 Å². The van der Waals surface area contributed by atoms with Gasteiger partial charge in [0.05, 0.1) is 26.7 Å². The van der Waals surface area contributed by atoms with Crippen molar-refractivity contribution in [3.05, 3.63) is 71.3 Å². The SMILES string of the molecule is C=CCc1cc(C(=O)NC(CC(=O)O)c2ccccc2C)cc(OC)c1OC. The van der Waals surface area contributed by atoms with Crippen LogP contribution in [0.15, 0.2) is 49.1 Å². The Hall–Kier alpha value is -3.28. The Morgan fingerprint density at radius 1 is 1.21 bits per heavy atom. The molecule has 28 heavy (non-hydrogen) atoms. The summed E-state index contributed by atoms with van der Waals surface area (Å²) in [5.74, 6) is -0.411. The first-order valence-electron chi connectivity index (χ1n) is 8.85. The van der Waals surface area contributed by atoms with E-state index in [4.69, 9.17) is 9.47 Å². The number of aryl methyl sites for hydroxylation is 1. The van der Waals surface area contributed by atoms with Gasteiger partial charge >= 0.3 is 5.97 Å². The van der Waals surface area contributed by atoms with E-state index in [9.17, 15) is 14.7 Å². The average molecular weight is 383 g/mol. The topological polar surface area (TPSA) is 84.9 Å². The zero-order valence-electron chi connectivity index (χ0n) is 16.3. The summed E-state index contributed by atoms with van der Waals surface area (Å²) in [6.07, 6.45) is 1.99. The fourth-order valence-corrected chi connectivity index (χ4v) is 3.11. The largest absolute Gasteiger partial charge is 0.493 e. The van der Waals surface area contributed by atoms with E-state index < -0.39 is 12.0 Å². The molecule has 2 rings (SSSR count). The maximum atomic E-state index is 12.9. The van der Waals surface area contributed by atoms with Crippen molar-refractivity contribution in [1.82, 2.24) is 5.32 Å². The lowest BCUT2D eigenvalue weighted by molar-refractivity contribution is -0.137. The van der Waals surface area contributed by atoms with Crippen LogP contribution in [0.2, 0.25) is 0 Å². The molecular formula is C22H25NO5. The van der Waals surface area contributed by atoms with Crippen molar-refractivity contribution in [2.24, 2.45) is 0 Å². The van der Waals surface area contributed by atoms with Gasteiger partial charge in [-0.05, 0) is 36.6 Å². The number of hydrogen-bond acceptors (Lipinski definition) is 4. The maximum absolute atomic E-state index is 12.9. The molecule has 1 amide bonds. The first-order chi connectivity index (χ1) is 13.4. The highest BCUT2D eigenvalue weighted by Crippen LogP contribution is 2.33. The Kier molecular flexibility index (Phi) is 7.21. The number of hydrogen-bond donors (Lipinski definition) is 2. The minimum absolute atomic E-state index is 0.219. The van der Waals surface area contributed by atoms with Crippen LogP contribution in [-0.2, 0) is 11.2 Å². The number of carboxylic acid groups (broad SMARTS) is 1. The van der Waals surface area contributed by atoms with Crippen molar-refractivity contribution in [3.63, 3.8) is 0 Å². The molecule has 2 aromatic carbocycles. The highest BCUT2D eigenvalue weighted by molar-refractivity contribution is 5.95. The summed E-state index contributed by atoms with van der Waals surface area (Å²) >= 11 is 0. The number of nitrogens with one attached hydrogen (secondary N) is 1. The van der Waals surface area contributed by atoms with Gasteiger partial charge in [0.25, 0.3) is 5.91 Å². The van der Waals surface area contributed by atoms with Crippen LogP contribution in [-0.4, -0.2) is 31.2 Å². The number of amides is 1. The molecule has 0 aliphatic rings. The molecule has 0 saturated heterocycles. The summed E-state index contributed by atoms with van der Waals surface area (Å²) in [6.45, 7) is 5.61. The van der Waals surface area contributed by atoms with Gasteiger partial charge in [-0.1, -0.05) is 30.3 Å². The normalized spacial score (nSPS) is 11.4. The monoisotopic (exact) mass is 383 g/mol. The minimum atomic E-state index is -0.992. The van der Waals surface area contributed by atoms with Crippen molar-refractivity contribution in [2.75, 3.05) is 14.2 Å². The standard InChI is InChI=1S/C22H25NO5/c1-5-8-15-11-16(12-19(27-3)21(15)28-4)22(26)23-18(13-20(24)25)17-10-7-6-9-14(17)2/h5-7,9-12,18H,1,8,13H2,2-4H3,(H,23,26)(H,24,25). The van der Waals surface area contributed by atoms with Gasteiger partial charge in [0, 0.05) is 11.1 Å². The molecule has 0 spiro atoms. The minimum Gasteiger partial charge on any atom is -0.493 e. The van der Waals surface area contributed by atoms with Crippen LogP contribution in [0.25, 0.3) is 0 Å². The van der Waals surface area contributed by atoms with Crippen LogP contribution in [0.3, 0.4) is 0 Å². The van der Waals surface area contributed by atoms with Crippen LogP contribution in [0.4, 0.5) is 0 Å². The second-order valence-electron chi connectivity index (χ2n) is 6.34. The van der Waals surface area contributed by atoms with Gasteiger partial charge < -0.3 is 19.9 Å². The van der Waals surface area contributed by atoms with Crippen LogP contribution >= 0.6 is 0 Å². The summed E-state index contributed by atoms with van der Waals surface area (Å²) in [7, 11) is 3.03. The van der Waals surface area contributed by atoms with Crippen LogP contribution < -0.4 is 14.8 Å². The molecule has 0 aliphatic carbocycles. The number of allylic oxidation sites excluding steroid dienone is 1. The van der Waals surface area contributed by atoms with E-state index in [2.05, 4.69) is 11.9 Å². The number of carbonyl (C=O) groups is 2. The van der Waals surface area contributed by atoms with E-state index in [0.29, 0.717) is 23.5 Å². The molecule has 148 valence electrons. The van der Waals surface area contributed by atoms with Crippen LogP contribution in [0.1, 0.15) is 39.5 Å². The maximum Gasteiger partial charge on any atom is 0.305 e. The fraction of sp³-hybridized carbons (Fsp3) is 0.273. The molecule has 0 saturated carbocycles. The molecule has 0 radical (unpaired) electrons. The van der Waals surface area contributed by atoms with Crippen LogP contribution in [0, 0.1) is 6.92 Å². The molecule has 0 fully saturated rings. The second-order valence-corrected chi connectivity index (χ2v) is 6.34. The molecule has 0 bridgehead atoms. The van der Waals surface area contributed by atoms with E-state index in [1.807, 2.05) is 31.2 Å². The van der Waals surface area contributed by atoms with Crippen molar-refractivity contribution < 1.29 is 24.2 Å². The number of carboxylic acids is 1. The molecule has 0 aliphatic heterocycles. The van der Waals surface area contributed by atoms with E-state index >= 15 is 0 Å². The zero-order chi connectivity index (χ0) is 20.7. The summed E-state index contributed by atoms with van der Waals surface area (Å²) < 4.78 is 10.7. The number of benzene rings is 2. The quantitative estimate of drug-likeness (QED) is 0.645. The Labute approximate surface area is 164 Å². The van der Waals surface area contributed by atoms with Gasteiger partial charge in [-0.25, -0.2) is 0 Å². The second kappa shape index (κ2) is 9.60. The Morgan fingerprint density at radius 3 is 2.50 bits per heavy atom. The highest BCUT2D eigenvalue weighted by atomic mass is 16.5. The van der Waals surface area contributed by atoms with Crippen molar-refractivity contribution in [2.45, 2.75) is 25.8 Å². The van der Waals surface area contributed by atoms with Gasteiger partial charge in [0.1, 0.15) is 0 Å². The molecule has 0 aromatic heterocycles. The summed E-state index contributed by atoms with van der Waals surface area (Å²) in [4.78, 5) is 24.3. The Balaban J connectivity index is 2.40. The van der Waals surface area contributed by atoms with Crippen molar-refractivity contribution in [3.8, 4) is 11.5 Å². The number of ether oxygens (including phenoxy) is 2. The van der Waals surface area contributed by atoms with Gasteiger partial charge in [-0.15, -0.1) is 6.58 Å². The Morgan fingerprint density at radius 2 is 1.93 bits per heavy atom. The smallest absolute Gasteiger partial charge is 0.305 e. The molecule has 6 nitrogen and oxygen atoms in total. The van der Waals surface area contributed by atoms with Gasteiger partial charge in [0.15, 0.2) is 11.5 Å². The van der Waals surface area contributed by atoms with Gasteiger partial charge in [-0.3, -0.25) is 9.59 Å².